The molecular formula is C15H12FN9O. The summed E-state index contributed by atoms with van der Waals surface area (Å²) in [6.45, 7) is 1.78. The maximum Gasteiger partial charge on any atom is 0.263 e. The molecule has 0 saturated heterocycles. The average Bonchev–Trinajstić information content (AvgIpc) is 3.17. The first-order chi connectivity index (χ1) is 12.5. The van der Waals surface area contributed by atoms with Crippen molar-refractivity contribution in [3.05, 3.63) is 54.4 Å². The molecule has 4 rings (SSSR count). The molecule has 0 aliphatic rings. The SMILES string of the molecule is Cc1ncnn1-c1ccncc1NC(=O)c1c(N)nn2cc(F)cnc12. The van der Waals surface area contributed by atoms with Crippen LogP contribution in [0.15, 0.2) is 37.2 Å². The summed E-state index contributed by atoms with van der Waals surface area (Å²) in [7, 11) is 0. The monoisotopic (exact) mass is 353 g/mol. The zero-order valence-corrected chi connectivity index (χ0v) is 13.5. The number of nitrogens with two attached hydrogens (primary N) is 1. The second kappa shape index (κ2) is 5.88. The summed E-state index contributed by atoms with van der Waals surface area (Å²) >= 11 is 0. The second-order valence-electron chi connectivity index (χ2n) is 5.37. The fraction of sp³-hybridized carbons (Fsp3) is 0.0667. The van der Waals surface area contributed by atoms with Gasteiger partial charge < -0.3 is 11.1 Å². The van der Waals surface area contributed by atoms with Gasteiger partial charge in [0.2, 0.25) is 0 Å². The van der Waals surface area contributed by atoms with Crippen LogP contribution in [-0.4, -0.2) is 40.3 Å². The van der Waals surface area contributed by atoms with E-state index in [0.717, 1.165) is 16.9 Å². The van der Waals surface area contributed by atoms with Crippen LogP contribution >= 0.6 is 0 Å². The lowest BCUT2D eigenvalue weighted by molar-refractivity contribution is 0.102. The molecule has 0 saturated carbocycles. The van der Waals surface area contributed by atoms with Crippen LogP contribution in [0.5, 0.6) is 0 Å². The predicted molar refractivity (Wildman–Crippen MR) is 89.2 cm³/mol. The number of nitrogens with zero attached hydrogens (tertiary/aromatic N) is 7. The molecule has 4 heterocycles. The molecule has 0 radical (unpaired) electrons. The normalized spacial score (nSPS) is 11.0. The first-order valence-electron chi connectivity index (χ1n) is 7.46. The van der Waals surface area contributed by atoms with Gasteiger partial charge in [0.05, 0.1) is 30.0 Å². The molecule has 3 N–H and O–H groups in total. The third-order valence-electron chi connectivity index (χ3n) is 3.69. The van der Waals surface area contributed by atoms with E-state index < -0.39 is 11.7 Å². The number of anilines is 2. The predicted octanol–water partition coefficient (Wildman–Crippen LogP) is 0.987. The van der Waals surface area contributed by atoms with Gasteiger partial charge in [0.1, 0.15) is 17.7 Å². The van der Waals surface area contributed by atoms with Crippen molar-refractivity contribution in [3.8, 4) is 5.69 Å². The van der Waals surface area contributed by atoms with Crippen LogP contribution in [0.4, 0.5) is 15.9 Å². The summed E-state index contributed by atoms with van der Waals surface area (Å²) in [4.78, 5) is 24.7. The minimum atomic E-state index is -0.594. The van der Waals surface area contributed by atoms with Gasteiger partial charge in [0, 0.05) is 6.20 Å². The molecule has 4 aromatic rings. The van der Waals surface area contributed by atoms with Gasteiger partial charge in [-0.2, -0.15) is 5.10 Å². The Hall–Kier alpha value is -3.89. The van der Waals surface area contributed by atoms with Gasteiger partial charge in [-0.15, -0.1) is 5.10 Å². The lowest BCUT2D eigenvalue weighted by Crippen LogP contribution is -2.16. The van der Waals surface area contributed by atoms with Gasteiger partial charge in [0.25, 0.3) is 5.91 Å². The number of nitrogens with one attached hydrogen (secondary N) is 1. The van der Waals surface area contributed by atoms with Gasteiger partial charge in [-0.3, -0.25) is 9.78 Å². The average molecular weight is 353 g/mol. The maximum atomic E-state index is 13.3. The number of pyridine rings is 1. The van der Waals surface area contributed by atoms with Crippen molar-refractivity contribution in [2.45, 2.75) is 6.92 Å². The number of amides is 1. The lowest BCUT2D eigenvalue weighted by atomic mass is 10.2. The Morgan fingerprint density at radius 3 is 2.92 bits per heavy atom. The molecule has 0 atom stereocenters. The third-order valence-corrected chi connectivity index (χ3v) is 3.69. The Morgan fingerprint density at radius 2 is 2.15 bits per heavy atom. The number of fused-ring (bicyclic) bond motifs is 1. The highest BCUT2D eigenvalue weighted by Crippen LogP contribution is 2.22. The number of carbonyl (C=O) groups is 1. The molecule has 0 aliphatic heterocycles. The number of aromatic nitrogens is 7. The zero-order chi connectivity index (χ0) is 18.3. The number of hydrogen-bond donors (Lipinski definition) is 2. The first kappa shape index (κ1) is 15.6. The molecule has 0 aliphatic carbocycles. The summed E-state index contributed by atoms with van der Waals surface area (Å²) in [5, 5.41) is 10.8. The topological polar surface area (TPSA) is 129 Å². The summed E-state index contributed by atoms with van der Waals surface area (Å²) in [5.41, 5.74) is 6.97. The van der Waals surface area contributed by atoms with Crippen molar-refractivity contribution >= 4 is 23.1 Å². The van der Waals surface area contributed by atoms with E-state index in [9.17, 15) is 9.18 Å². The van der Waals surface area contributed by atoms with Crippen molar-refractivity contribution in [3.63, 3.8) is 0 Å². The van der Waals surface area contributed by atoms with Crippen molar-refractivity contribution in [1.29, 1.82) is 0 Å². The largest absolute Gasteiger partial charge is 0.381 e. The summed E-state index contributed by atoms with van der Waals surface area (Å²) < 4.78 is 16.0. The molecule has 0 spiro atoms. The van der Waals surface area contributed by atoms with E-state index in [1.54, 1.807) is 23.9 Å². The minimum Gasteiger partial charge on any atom is -0.381 e. The van der Waals surface area contributed by atoms with Gasteiger partial charge in [-0.1, -0.05) is 0 Å². The molecule has 1 amide bonds. The molecule has 130 valence electrons. The van der Waals surface area contributed by atoms with E-state index in [0.29, 0.717) is 17.2 Å². The summed E-state index contributed by atoms with van der Waals surface area (Å²) in [6.07, 6.45) is 6.53. The maximum absolute atomic E-state index is 13.3. The number of halogens is 1. The van der Waals surface area contributed by atoms with Crippen LogP contribution in [0.25, 0.3) is 11.3 Å². The Morgan fingerprint density at radius 1 is 1.31 bits per heavy atom. The number of hydrogen-bond acceptors (Lipinski definition) is 7. The Balaban J connectivity index is 1.75. The van der Waals surface area contributed by atoms with Gasteiger partial charge in [-0.25, -0.2) is 23.6 Å². The van der Waals surface area contributed by atoms with Crippen LogP contribution in [-0.2, 0) is 0 Å². The van der Waals surface area contributed by atoms with Crippen molar-refractivity contribution in [1.82, 2.24) is 34.3 Å². The van der Waals surface area contributed by atoms with E-state index in [-0.39, 0.29) is 17.0 Å². The van der Waals surface area contributed by atoms with Gasteiger partial charge in [0.15, 0.2) is 17.3 Å². The fourth-order valence-corrected chi connectivity index (χ4v) is 2.54. The number of rotatable bonds is 3. The molecule has 11 heteroatoms. The third kappa shape index (κ3) is 2.51. The fourth-order valence-electron chi connectivity index (χ4n) is 2.54. The van der Waals surface area contributed by atoms with Crippen LogP contribution in [0.1, 0.15) is 16.2 Å². The van der Waals surface area contributed by atoms with Crippen molar-refractivity contribution in [2.75, 3.05) is 11.1 Å². The Labute approximate surface area is 145 Å². The number of carbonyl (C=O) groups excluding carboxylic acids is 1. The number of aryl methyl sites for hydroxylation is 1. The summed E-state index contributed by atoms with van der Waals surface area (Å²) in [6, 6.07) is 1.68. The van der Waals surface area contributed by atoms with E-state index in [4.69, 9.17) is 5.73 Å². The van der Waals surface area contributed by atoms with Crippen LogP contribution in [0, 0.1) is 12.7 Å². The van der Waals surface area contributed by atoms with Gasteiger partial charge in [-0.05, 0) is 13.0 Å². The van der Waals surface area contributed by atoms with Crippen LogP contribution < -0.4 is 11.1 Å². The second-order valence-corrected chi connectivity index (χ2v) is 5.37. The van der Waals surface area contributed by atoms with E-state index in [1.165, 1.54) is 12.5 Å². The van der Waals surface area contributed by atoms with Gasteiger partial charge >= 0.3 is 0 Å². The molecule has 0 unspecified atom stereocenters. The van der Waals surface area contributed by atoms with E-state index in [1.807, 2.05) is 0 Å². The smallest absolute Gasteiger partial charge is 0.263 e. The zero-order valence-electron chi connectivity index (χ0n) is 13.5. The molecule has 0 bridgehead atoms. The van der Waals surface area contributed by atoms with Crippen molar-refractivity contribution in [2.24, 2.45) is 0 Å². The highest BCUT2D eigenvalue weighted by molar-refractivity contribution is 6.12. The standard InChI is InChI=1S/C15H12FN9O/c1-8-20-7-21-25(8)11-2-3-18-5-10(11)22-15(26)12-13(17)23-24-6-9(16)4-19-14(12)24/h2-7H,1H3,(H2,17,23)(H,22,26). The summed E-state index contributed by atoms with van der Waals surface area (Å²) in [5.74, 6) is -0.575. The Kier molecular flexibility index (Phi) is 3.53. The van der Waals surface area contributed by atoms with Crippen molar-refractivity contribution < 1.29 is 9.18 Å². The lowest BCUT2D eigenvalue weighted by Gasteiger charge is -2.11. The van der Waals surface area contributed by atoms with Crippen LogP contribution in [0.3, 0.4) is 0 Å². The van der Waals surface area contributed by atoms with E-state index >= 15 is 0 Å². The quantitative estimate of drug-likeness (QED) is 0.562. The molecule has 0 fully saturated rings. The molecule has 0 aromatic carbocycles. The molecular weight excluding hydrogens is 341 g/mol. The molecule has 26 heavy (non-hydrogen) atoms. The first-order valence-corrected chi connectivity index (χ1v) is 7.46. The number of nitrogen functional groups attached to an aromatic ring is 1. The minimum absolute atomic E-state index is 0.0371. The highest BCUT2D eigenvalue weighted by atomic mass is 19.1. The Bertz CT molecular complexity index is 1130. The molecule has 4 aromatic heterocycles. The molecule has 10 nitrogen and oxygen atoms in total. The van der Waals surface area contributed by atoms with E-state index in [2.05, 4.69) is 30.5 Å². The van der Waals surface area contributed by atoms with Crippen LogP contribution in [0.2, 0.25) is 0 Å². The highest BCUT2D eigenvalue weighted by Gasteiger charge is 2.21.